The number of likely N-dealkylation sites (N-methyl/N-ethyl adjacent to an activating group) is 1. The van der Waals surface area contributed by atoms with Gasteiger partial charge in [-0.1, -0.05) is 18.2 Å². The quantitative estimate of drug-likeness (QED) is 0.766. The van der Waals surface area contributed by atoms with Crippen molar-refractivity contribution in [2.24, 2.45) is 0 Å². The second-order valence-corrected chi connectivity index (χ2v) is 5.54. The van der Waals surface area contributed by atoms with Crippen LogP contribution < -0.4 is 15.4 Å². The Kier molecular flexibility index (Phi) is 6.76. The number of para-hydroxylation sites is 1. The highest BCUT2D eigenvalue weighted by molar-refractivity contribution is 5.74. The molecule has 25 heavy (non-hydrogen) atoms. The molecule has 0 fully saturated rings. The summed E-state index contributed by atoms with van der Waals surface area (Å²) in [5.74, 6) is 0.778. The summed E-state index contributed by atoms with van der Waals surface area (Å²) in [5, 5.41) is 5.37. The van der Waals surface area contributed by atoms with Crippen molar-refractivity contribution in [3.8, 4) is 5.75 Å². The minimum atomic E-state index is -2.91. The van der Waals surface area contributed by atoms with Crippen molar-refractivity contribution in [1.82, 2.24) is 15.5 Å². The molecule has 0 saturated heterocycles. The zero-order valence-corrected chi connectivity index (χ0v) is 14.0. The molecule has 0 bridgehead atoms. The van der Waals surface area contributed by atoms with Gasteiger partial charge in [0.2, 0.25) is 0 Å². The van der Waals surface area contributed by atoms with Crippen LogP contribution in [0.5, 0.6) is 5.75 Å². The second-order valence-electron chi connectivity index (χ2n) is 5.54. The third kappa shape index (κ3) is 5.75. The molecule has 0 aliphatic rings. The van der Waals surface area contributed by atoms with E-state index in [1.165, 1.54) is 6.07 Å². The summed E-state index contributed by atoms with van der Waals surface area (Å²) in [6, 6.07) is 9.41. The van der Waals surface area contributed by atoms with Crippen molar-refractivity contribution in [3.63, 3.8) is 0 Å². The maximum Gasteiger partial charge on any atom is 0.387 e. The molecule has 1 aromatic heterocycles. The van der Waals surface area contributed by atoms with Crippen LogP contribution >= 0.6 is 0 Å². The van der Waals surface area contributed by atoms with Crippen molar-refractivity contribution in [1.29, 1.82) is 0 Å². The lowest BCUT2D eigenvalue weighted by atomic mass is 10.2. The first-order chi connectivity index (χ1) is 12.0. The molecule has 0 saturated carbocycles. The van der Waals surface area contributed by atoms with Gasteiger partial charge in [0.25, 0.3) is 0 Å². The summed E-state index contributed by atoms with van der Waals surface area (Å²) in [6.07, 6.45) is 1.58. The number of hydrogen-bond donors (Lipinski definition) is 2. The Hall–Kier alpha value is -2.61. The average Bonchev–Trinajstić information content (AvgIpc) is 3.07. The van der Waals surface area contributed by atoms with Crippen LogP contribution in [-0.2, 0) is 6.54 Å². The summed E-state index contributed by atoms with van der Waals surface area (Å²) in [5.41, 5.74) is 0.466. The number of carbonyl (C=O) groups excluding carboxylic acids is 1. The molecule has 0 aliphatic carbocycles. The molecule has 0 spiro atoms. The molecule has 2 N–H and O–H groups in total. The first kappa shape index (κ1) is 18.7. The number of nitrogens with zero attached hydrogens (tertiary/aromatic N) is 1. The number of urea groups is 1. The Morgan fingerprint density at radius 2 is 1.96 bits per heavy atom. The summed E-state index contributed by atoms with van der Waals surface area (Å²) >= 11 is 0. The van der Waals surface area contributed by atoms with Gasteiger partial charge in [-0.3, -0.25) is 4.90 Å². The van der Waals surface area contributed by atoms with Crippen LogP contribution in [0.4, 0.5) is 13.6 Å². The second kappa shape index (κ2) is 9.03. The predicted molar refractivity (Wildman–Crippen MR) is 88.4 cm³/mol. The number of benzene rings is 1. The lowest BCUT2D eigenvalue weighted by molar-refractivity contribution is -0.0504. The van der Waals surface area contributed by atoms with Crippen molar-refractivity contribution < 1.29 is 22.7 Å². The highest BCUT2D eigenvalue weighted by atomic mass is 19.3. The summed E-state index contributed by atoms with van der Waals surface area (Å²) < 4.78 is 34.6. The van der Waals surface area contributed by atoms with Gasteiger partial charge in [0.15, 0.2) is 0 Å². The number of amides is 2. The molecule has 1 heterocycles. The zero-order valence-electron chi connectivity index (χ0n) is 14.0. The van der Waals surface area contributed by atoms with Crippen LogP contribution in [0.2, 0.25) is 0 Å². The molecule has 1 unspecified atom stereocenters. The van der Waals surface area contributed by atoms with Crippen molar-refractivity contribution in [2.45, 2.75) is 19.2 Å². The van der Waals surface area contributed by atoms with E-state index in [1.807, 2.05) is 25.1 Å². The smallest absolute Gasteiger partial charge is 0.387 e. The number of ether oxygens (including phenoxy) is 1. The van der Waals surface area contributed by atoms with E-state index in [1.54, 1.807) is 30.5 Å². The molecule has 136 valence electrons. The third-order valence-corrected chi connectivity index (χ3v) is 3.58. The van der Waals surface area contributed by atoms with Gasteiger partial charge in [0, 0.05) is 18.7 Å². The fourth-order valence-electron chi connectivity index (χ4n) is 2.31. The number of furan rings is 1. The molecule has 2 aromatic rings. The lowest BCUT2D eigenvalue weighted by Crippen LogP contribution is -2.40. The van der Waals surface area contributed by atoms with Gasteiger partial charge in [-0.2, -0.15) is 8.78 Å². The molecule has 0 aliphatic heterocycles. The van der Waals surface area contributed by atoms with E-state index >= 15 is 0 Å². The van der Waals surface area contributed by atoms with Crippen molar-refractivity contribution in [2.75, 3.05) is 20.6 Å². The Bertz CT molecular complexity index is 663. The van der Waals surface area contributed by atoms with Gasteiger partial charge in [0.1, 0.15) is 11.5 Å². The number of hydrogen-bond acceptors (Lipinski definition) is 4. The molecule has 2 rings (SSSR count). The van der Waals surface area contributed by atoms with Crippen LogP contribution in [0.3, 0.4) is 0 Å². The molecule has 0 radical (unpaired) electrons. The predicted octanol–water partition coefficient (Wildman–Crippen LogP) is 2.98. The molecule has 6 nitrogen and oxygen atoms in total. The molecule has 1 aromatic carbocycles. The maximum absolute atomic E-state index is 12.4. The van der Waals surface area contributed by atoms with Gasteiger partial charge in [-0.15, -0.1) is 0 Å². The van der Waals surface area contributed by atoms with E-state index in [4.69, 9.17) is 4.42 Å². The van der Waals surface area contributed by atoms with Crippen LogP contribution in [0, 0.1) is 0 Å². The third-order valence-electron chi connectivity index (χ3n) is 3.58. The van der Waals surface area contributed by atoms with Crippen LogP contribution in [0.15, 0.2) is 47.1 Å². The lowest BCUT2D eigenvalue weighted by Gasteiger charge is -2.22. The molecular formula is C17H21F2N3O3. The van der Waals surface area contributed by atoms with E-state index < -0.39 is 12.6 Å². The van der Waals surface area contributed by atoms with Crippen LogP contribution in [0.1, 0.15) is 17.4 Å². The minimum absolute atomic E-state index is 0.0413. The Balaban J connectivity index is 1.87. The number of halogens is 2. The largest absolute Gasteiger partial charge is 0.468 e. The molecular weight excluding hydrogens is 332 g/mol. The number of alkyl halides is 2. The van der Waals surface area contributed by atoms with Gasteiger partial charge in [0.05, 0.1) is 12.3 Å². The van der Waals surface area contributed by atoms with Gasteiger partial charge >= 0.3 is 12.6 Å². The fourth-order valence-corrected chi connectivity index (χ4v) is 2.31. The monoisotopic (exact) mass is 353 g/mol. The van der Waals surface area contributed by atoms with E-state index in [2.05, 4.69) is 15.4 Å². The van der Waals surface area contributed by atoms with Crippen LogP contribution in [-0.4, -0.2) is 38.2 Å². The molecule has 8 heteroatoms. The van der Waals surface area contributed by atoms with E-state index in [0.29, 0.717) is 12.1 Å². The first-order valence-electron chi connectivity index (χ1n) is 7.71. The van der Waals surface area contributed by atoms with Gasteiger partial charge in [-0.25, -0.2) is 4.79 Å². The molecule has 1 atom stereocenters. The standard InChI is InChI=1S/C17H21F2N3O3/c1-22(2)13(15-8-5-9-24-15)11-21-17(23)20-10-12-6-3-4-7-14(12)25-16(18)19/h3-9,13,16H,10-11H2,1-2H3,(H2,20,21,23). The highest BCUT2D eigenvalue weighted by Gasteiger charge is 2.18. The van der Waals surface area contributed by atoms with Crippen LogP contribution in [0.25, 0.3) is 0 Å². The SMILES string of the molecule is CN(C)C(CNC(=O)NCc1ccccc1OC(F)F)c1ccco1. The Morgan fingerprint density at radius 3 is 2.60 bits per heavy atom. The average molecular weight is 353 g/mol. The minimum Gasteiger partial charge on any atom is -0.468 e. The number of carbonyl (C=O) groups is 1. The summed E-state index contributed by atoms with van der Waals surface area (Å²) in [6.45, 7) is -2.51. The fraction of sp³-hybridized carbons (Fsp3) is 0.353. The van der Waals surface area contributed by atoms with Crippen molar-refractivity contribution in [3.05, 3.63) is 54.0 Å². The Morgan fingerprint density at radius 1 is 1.20 bits per heavy atom. The van der Waals surface area contributed by atoms with E-state index in [-0.39, 0.29) is 18.3 Å². The number of nitrogens with one attached hydrogen (secondary N) is 2. The van der Waals surface area contributed by atoms with E-state index in [9.17, 15) is 13.6 Å². The topological polar surface area (TPSA) is 66.7 Å². The molecule has 2 amide bonds. The normalized spacial score (nSPS) is 12.2. The van der Waals surface area contributed by atoms with Gasteiger partial charge in [-0.05, 0) is 32.3 Å². The summed E-state index contributed by atoms with van der Waals surface area (Å²) in [7, 11) is 3.76. The maximum atomic E-state index is 12.4. The Labute approximate surface area is 144 Å². The van der Waals surface area contributed by atoms with Gasteiger partial charge < -0.3 is 19.8 Å². The van der Waals surface area contributed by atoms with E-state index in [0.717, 1.165) is 5.76 Å². The zero-order chi connectivity index (χ0) is 18.2. The first-order valence-corrected chi connectivity index (χ1v) is 7.71. The highest BCUT2D eigenvalue weighted by Crippen LogP contribution is 2.20. The summed E-state index contributed by atoms with van der Waals surface area (Å²) in [4.78, 5) is 13.9. The number of rotatable bonds is 8. The van der Waals surface area contributed by atoms with Crippen molar-refractivity contribution >= 4 is 6.03 Å².